The molecule has 0 heterocycles. The van der Waals surface area contributed by atoms with Gasteiger partial charge in [0.1, 0.15) is 5.82 Å². The Bertz CT molecular complexity index is 774. The molecule has 130 valence electrons. The standard InChI is InChI=1S/C18H23FN2O2S/c1-15-7-9-18(10-8-15)24(22,23)21(12-11-20(2)3)14-16-5-4-6-17(19)13-16/h4-10,13H,11-12,14H2,1-3H3. The van der Waals surface area contributed by atoms with Gasteiger partial charge in [0.2, 0.25) is 10.0 Å². The Kier molecular flexibility index (Phi) is 6.10. The quantitative estimate of drug-likeness (QED) is 0.771. The molecule has 0 aliphatic rings. The van der Waals surface area contributed by atoms with Gasteiger partial charge in [-0.1, -0.05) is 29.8 Å². The molecule has 0 unspecified atom stereocenters. The first-order chi connectivity index (χ1) is 11.3. The number of rotatable bonds is 7. The third-order valence-corrected chi connectivity index (χ3v) is 5.56. The van der Waals surface area contributed by atoms with Gasteiger partial charge >= 0.3 is 0 Å². The van der Waals surface area contributed by atoms with Crippen LogP contribution in [0.5, 0.6) is 0 Å². The zero-order valence-electron chi connectivity index (χ0n) is 14.2. The number of hydrogen-bond acceptors (Lipinski definition) is 3. The average molecular weight is 350 g/mol. The maximum absolute atomic E-state index is 13.4. The molecule has 0 amide bonds. The van der Waals surface area contributed by atoms with E-state index in [9.17, 15) is 12.8 Å². The minimum atomic E-state index is -3.64. The van der Waals surface area contributed by atoms with E-state index < -0.39 is 10.0 Å². The largest absolute Gasteiger partial charge is 0.308 e. The van der Waals surface area contributed by atoms with Crippen molar-refractivity contribution < 1.29 is 12.8 Å². The molecule has 2 aromatic rings. The van der Waals surface area contributed by atoms with Crippen LogP contribution in [0.1, 0.15) is 11.1 Å². The molecule has 0 saturated heterocycles. The fourth-order valence-corrected chi connectivity index (χ4v) is 3.71. The number of nitrogens with zero attached hydrogens (tertiary/aromatic N) is 2. The number of likely N-dealkylation sites (N-methyl/N-ethyl adjacent to an activating group) is 1. The molecule has 6 heteroatoms. The van der Waals surface area contributed by atoms with Crippen molar-refractivity contribution in [2.45, 2.75) is 18.4 Å². The molecule has 24 heavy (non-hydrogen) atoms. The first-order valence-corrected chi connectivity index (χ1v) is 9.19. The van der Waals surface area contributed by atoms with E-state index >= 15 is 0 Å². The van der Waals surface area contributed by atoms with Gasteiger partial charge in [0.25, 0.3) is 0 Å². The van der Waals surface area contributed by atoms with Crippen molar-refractivity contribution in [1.82, 2.24) is 9.21 Å². The van der Waals surface area contributed by atoms with Crippen molar-refractivity contribution in [2.24, 2.45) is 0 Å². The fourth-order valence-electron chi connectivity index (χ4n) is 2.29. The van der Waals surface area contributed by atoms with Gasteiger partial charge in [-0.15, -0.1) is 0 Å². The van der Waals surface area contributed by atoms with Crippen LogP contribution in [-0.2, 0) is 16.6 Å². The predicted octanol–water partition coefficient (Wildman–Crippen LogP) is 2.89. The van der Waals surface area contributed by atoms with Gasteiger partial charge in [0, 0.05) is 19.6 Å². The second-order valence-corrected chi connectivity index (χ2v) is 8.02. The summed E-state index contributed by atoms with van der Waals surface area (Å²) in [6, 6.07) is 12.8. The maximum atomic E-state index is 13.4. The van der Waals surface area contributed by atoms with E-state index in [-0.39, 0.29) is 17.3 Å². The molecular weight excluding hydrogens is 327 g/mol. The van der Waals surface area contributed by atoms with E-state index in [2.05, 4.69) is 0 Å². The van der Waals surface area contributed by atoms with E-state index in [1.807, 2.05) is 25.9 Å². The summed E-state index contributed by atoms with van der Waals surface area (Å²) < 4.78 is 40.7. The summed E-state index contributed by atoms with van der Waals surface area (Å²) in [4.78, 5) is 2.17. The Hall–Kier alpha value is -1.76. The Labute approximate surface area is 143 Å². The molecule has 0 atom stereocenters. The highest BCUT2D eigenvalue weighted by Crippen LogP contribution is 2.19. The second kappa shape index (κ2) is 7.88. The molecule has 0 aliphatic carbocycles. The van der Waals surface area contributed by atoms with Crippen molar-refractivity contribution in [3.05, 3.63) is 65.5 Å². The lowest BCUT2D eigenvalue weighted by molar-refractivity contribution is 0.329. The molecule has 2 rings (SSSR count). The lowest BCUT2D eigenvalue weighted by Gasteiger charge is -2.24. The van der Waals surface area contributed by atoms with Crippen LogP contribution < -0.4 is 0 Å². The molecule has 2 aromatic carbocycles. The summed E-state index contributed by atoms with van der Waals surface area (Å²) in [6.07, 6.45) is 0. The zero-order chi connectivity index (χ0) is 17.7. The zero-order valence-corrected chi connectivity index (χ0v) is 15.1. The molecule has 0 aromatic heterocycles. The SMILES string of the molecule is Cc1ccc(S(=O)(=O)N(CCN(C)C)Cc2cccc(F)c2)cc1. The highest BCUT2D eigenvalue weighted by Gasteiger charge is 2.24. The van der Waals surface area contributed by atoms with Gasteiger partial charge in [0.15, 0.2) is 0 Å². The van der Waals surface area contributed by atoms with E-state index in [1.165, 1.54) is 16.4 Å². The van der Waals surface area contributed by atoms with Crippen LogP contribution in [0.4, 0.5) is 4.39 Å². The minimum absolute atomic E-state index is 0.141. The van der Waals surface area contributed by atoms with Crippen LogP contribution in [0.15, 0.2) is 53.4 Å². The Morgan fingerprint density at radius 1 is 1.00 bits per heavy atom. The number of halogens is 1. The van der Waals surface area contributed by atoms with Gasteiger partial charge in [0.05, 0.1) is 4.90 Å². The van der Waals surface area contributed by atoms with Crippen LogP contribution in [-0.4, -0.2) is 44.8 Å². The van der Waals surface area contributed by atoms with Crippen molar-refractivity contribution in [1.29, 1.82) is 0 Å². The summed E-state index contributed by atoms with van der Waals surface area (Å²) >= 11 is 0. The Morgan fingerprint density at radius 2 is 1.67 bits per heavy atom. The number of benzene rings is 2. The molecule has 0 aliphatic heterocycles. The first kappa shape index (κ1) is 18.6. The number of sulfonamides is 1. The Morgan fingerprint density at radius 3 is 2.25 bits per heavy atom. The molecule has 0 fully saturated rings. The van der Waals surface area contributed by atoms with Crippen molar-refractivity contribution >= 4 is 10.0 Å². The normalized spacial score (nSPS) is 12.1. The van der Waals surface area contributed by atoms with Crippen LogP contribution in [0.25, 0.3) is 0 Å². The second-order valence-electron chi connectivity index (χ2n) is 6.08. The molecule has 0 spiro atoms. The van der Waals surface area contributed by atoms with Crippen LogP contribution in [0, 0.1) is 12.7 Å². The lowest BCUT2D eigenvalue weighted by Crippen LogP contribution is -2.36. The third-order valence-electron chi connectivity index (χ3n) is 3.70. The van der Waals surface area contributed by atoms with Gasteiger partial charge in [-0.05, 0) is 50.8 Å². The molecule has 0 saturated carbocycles. The maximum Gasteiger partial charge on any atom is 0.243 e. The monoisotopic (exact) mass is 350 g/mol. The summed E-state index contributed by atoms with van der Waals surface area (Å²) in [7, 11) is 0.135. The van der Waals surface area contributed by atoms with Crippen LogP contribution >= 0.6 is 0 Å². The highest BCUT2D eigenvalue weighted by atomic mass is 32.2. The van der Waals surface area contributed by atoms with E-state index in [0.29, 0.717) is 18.7 Å². The topological polar surface area (TPSA) is 40.6 Å². The van der Waals surface area contributed by atoms with Crippen LogP contribution in [0.3, 0.4) is 0 Å². The van der Waals surface area contributed by atoms with Crippen molar-refractivity contribution in [3.63, 3.8) is 0 Å². The molecule has 4 nitrogen and oxygen atoms in total. The highest BCUT2D eigenvalue weighted by molar-refractivity contribution is 7.89. The molecule has 0 radical (unpaired) electrons. The van der Waals surface area contributed by atoms with Gasteiger partial charge < -0.3 is 4.90 Å². The number of aryl methyl sites for hydroxylation is 1. The summed E-state index contributed by atoms with van der Waals surface area (Å²) in [5.41, 5.74) is 1.63. The van der Waals surface area contributed by atoms with Gasteiger partial charge in [-0.25, -0.2) is 12.8 Å². The summed E-state index contributed by atoms with van der Waals surface area (Å²) in [6.45, 7) is 2.97. The predicted molar refractivity (Wildman–Crippen MR) is 93.7 cm³/mol. The molecule has 0 bridgehead atoms. The summed E-state index contributed by atoms with van der Waals surface area (Å²) in [5.74, 6) is -0.368. The smallest absolute Gasteiger partial charge is 0.243 e. The summed E-state index contributed by atoms with van der Waals surface area (Å²) in [5, 5.41) is 0. The van der Waals surface area contributed by atoms with Crippen molar-refractivity contribution in [3.8, 4) is 0 Å². The number of hydrogen-bond donors (Lipinski definition) is 0. The lowest BCUT2D eigenvalue weighted by atomic mass is 10.2. The van der Waals surface area contributed by atoms with E-state index in [4.69, 9.17) is 0 Å². The molecular formula is C18H23FN2O2S. The van der Waals surface area contributed by atoms with Gasteiger partial charge in [-0.3, -0.25) is 0 Å². The first-order valence-electron chi connectivity index (χ1n) is 7.75. The Balaban J connectivity index is 2.31. The molecule has 0 N–H and O–H groups in total. The minimum Gasteiger partial charge on any atom is -0.308 e. The van der Waals surface area contributed by atoms with Crippen molar-refractivity contribution in [2.75, 3.05) is 27.2 Å². The average Bonchev–Trinajstić information content (AvgIpc) is 2.51. The van der Waals surface area contributed by atoms with E-state index in [1.54, 1.807) is 36.4 Å². The van der Waals surface area contributed by atoms with E-state index in [0.717, 1.165) is 5.56 Å². The van der Waals surface area contributed by atoms with Gasteiger partial charge in [-0.2, -0.15) is 4.31 Å². The third kappa shape index (κ3) is 4.87. The fraction of sp³-hybridized carbons (Fsp3) is 0.333. The van der Waals surface area contributed by atoms with Crippen LogP contribution in [0.2, 0.25) is 0 Å².